The minimum absolute atomic E-state index is 0.126. The summed E-state index contributed by atoms with van der Waals surface area (Å²) in [5, 5.41) is 11.5. The summed E-state index contributed by atoms with van der Waals surface area (Å²) in [6, 6.07) is 13.6. The van der Waals surface area contributed by atoms with Crippen LogP contribution in [-0.2, 0) is 10.9 Å². The van der Waals surface area contributed by atoms with E-state index in [9.17, 15) is 32.9 Å². The third kappa shape index (κ3) is 3.25. The van der Waals surface area contributed by atoms with Gasteiger partial charge in [-0.25, -0.2) is 4.79 Å². The van der Waals surface area contributed by atoms with Crippen LogP contribution in [0.5, 0.6) is 0 Å². The normalized spacial score (nSPS) is 11.6. The van der Waals surface area contributed by atoms with Crippen LogP contribution in [0, 0.1) is 10.1 Å². The molecular formula is C22H13F3N2O5. The topological polar surface area (TPSA) is 90.9 Å². The molecule has 2 aromatic heterocycles. The van der Waals surface area contributed by atoms with Gasteiger partial charge in [0.1, 0.15) is 11.3 Å². The number of hydrogen-bond acceptors (Lipinski definition) is 5. The number of benzene rings is 2. The van der Waals surface area contributed by atoms with Gasteiger partial charge in [0.2, 0.25) is 0 Å². The molecule has 0 bridgehead atoms. The van der Waals surface area contributed by atoms with E-state index in [4.69, 9.17) is 0 Å². The van der Waals surface area contributed by atoms with E-state index in [-0.39, 0.29) is 16.6 Å². The van der Waals surface area contributed by atoms with Crippen molar-refractivity contribution in [3.63, 3.8) is 0 Å². The number of carbonyl (C=O) groups excluding carboxylic acids is 2. The van der Waals surface area contributed by atoms with E-state index < -0.39 is 45.4 Å². The van der Waals surface area contributed by atoms with Crippen LogP contribution in [0.25, 0.3) is 16.4 Å². The number of aromatic nitrogens is 1. The van der Waals surface area contributed by atoms with Gasteiger partial charge < -0.3 is 9.14 Å². The van der Waals surface area contributed by atoms with Crippen LogP contribution in [0.3, 0.4) is 0 Å². The van der Waals surface area contributed by atoms with Crippen molar-refractivity contribution in [2.45, 2.75) is 6.18 Å². The minimum Gasteiger partial charge on any atom is -0.465 e. The van der Waals surface area contributed by atoms with Gasteiger partial charge in [-0.2, -0.15) is 13.2 Å². The molecule has 0 amide bonds. The Morgan fingerprint density at radius 3 is 2.34 bits per heavy atom. The SMILES string of the molecule is COC(=O)c1c(C(=O)c2cccc([N+](=O)[O-])c2)c2ccc3ccccc3n2c1C(F)(F)F. The first-order chi connectivity index (χ1) is 15.1. The number of ketones is 1. The maximum atomic E-state index is 14.2. The van der Waals surface area contributed by atoms with Crippen molar-refractivity contribution in [3.8, 4) is 0 Å². The van der Waals surface area contributed by atoms with Gasteiger partial charge in [-0.1, -0.05) is 36.4 Å². The van der Waals surface area contributed by atoms with Crippen LogP contribution in [0.1, 0.15) is 32.0 Å². The highest BCUT2D eigenvalue weighted by atomic mass is 19.4. The van der Waals surface area contributed by atoms with Crippen molar-refractivity contribution in [2.75, 3.05) is 7.11 Å². The quantitative estimate of drug-likeness (QED) is 0.191. The zero-order chi connectivity index (χ0) is 23.2. The highest BCUT2D eigenvalue weighted by Gasteiger charge is 2.43. The zero-order valence-electron chi connectivity index (χ0n) is 16.3. The number of nitro benzene ring substituents is 1. The molecule has 0 saturated heterocycles. The van der Waals surface area contributed by atoms with Gasteiger partial charge >= 0.3 is 12.1 Å². The molecule has 0 aliphatic carbocycles. The number of fused-ring (bicyclic) bond motifs is 3. The minimum atomic E-state index is -5.02. The monoisotopic (exact) mass is 442 g/mol. The summed E-state index contributed by atoms with van der Waals surface area (Å²) >= 11 is 0. The third-order valence-electron chi connectivity index (χ3n) is 5.01. The Morgan fingerprint density at radius 2 is 1.69 bits per heavy atom. The van der Waals surface area contributed by atoms with Crippen LogP contribution in [-0.4, -0.2) is 28.2 Å². The Bertz CT molecular complexity index is 1420. The van der Waals surface area contributed by atoms with Gasteiger partial charge in [0.25, 0.3) is 5.69 Å². The summed E-state index contributed by atoms with van der Waals surface area (Å²) < 4.78 is 48.1. The van der Waals surface area contributed by atoms with Gasteiger partial charge in [0.15, 0.2) is 5.78 Å². The molecule has 0 aliphatic rings. The highest BCUT2D eigenvalue weighted by molar-refractivity contribution is 6.20. The molecule has 0 radical (unpaired) electrons. The second kappa shape index (κ2) is 7.49. The van der Waals surface area contributed by atoms with E-state index in [1.165, 1.54) is 36.4 Å². The second-order valence-electron chi connectivity index (χ2n) is 6.84. The average Bonchev–Trinajstić information content (AvgIpc) is 3.14. The molecule has 2 heterocycles. The molecule has 7 nitrogen and oxygen atoms in total. The Kier molecular flexibility index (Phi) is 4.92. The van der Waals surface area contributed by atoms with E-state index in [1.807, 2.05) is 0 Å². The summed E-state index contributed by atoms with van der Waals surface area (Å²) in [4.78, 5) is 36.2. The van der Waals surface area contributed by atoms with Gasteiger partial charge in [-0.15, -0.1) is 0 Å². The average molecular weight is 442 g/mol. The molecular weight excluding hydrogens is 429 g/mol. The molecule has 0 saturated carbocycles. The molecule has 2 aromatic carbocycles. The summed E-state index contributed by atoms with van der Waals surface area (Å²) in [5.74, 6) is -2.32. The molecule has 0 unspecified atom stereocenters. The fourth-order valence-electron chi connectivity index (χ4n) is 3.70. The number of halogens is 3. The lowest BCUT2D eigenvalue weighted by atomic mass is 9.98. The smallest absolute Gasteiger partial charge is 0.432 e. The van der Waals surface area contributed by atoms with E-state index in [2.05, 4.69) is 4.74 Å². The van der Waals surface area contributed by atoms with Crippen molar-refractivity contribution in [1.29, 1.82) is 0 Å². The zero-order valence-corrected chi connectivity index (χ0v) is 16.3. The Balaban J connectivity index is 2.16. The molecule has 0 atom stereocenters. The lowest BCUT2D eigenvalue weighted by Gasteiger charge is -2.11. The number of rotatable bonds is 4. The van der Waals surface area contributed by atoms with E-state index in [0.29, 0.717) is 5.39 Å². The number of alkyl halides is 3. The maximum absolute atomic E-state index is 14.2. The lowest BCUT2D eigenvalue weighted by molar-refractivity contribution is -0.384. The number of ether oxygens (including phenoxy) is 1. The highest BCUT2D eigenvalue weighted by Crippen LogP contribution is 2.40. The first-order valence-corrected chi connectivity index (χ1v) is 9.16. The fraction of sp³-hybridized carbons (Fsp3) is 0.0909. The molecule has 4 aromatic rings. The molecule has 0 aliphatic heterocycles. The number of nitrogens with zero attached hydrogens (tertiary/aromatic N) is 2. The van der Waals surface area contributed by atoms with Gasteiger partial charge in [0.05, 0.1) is 28.6 Å². The summed E-state index contributed by atoms with van der Waals surface area (Å²) in [7, 11) is 0.907. The van der Waals surface area contributed by atoms with Crippen LogP contribution >= 0.6 is 0 Å². The van der Waals surface area contributed by atoms with Crippen molar-refractivity contribution in [1.82, 2.24) is 4.40 Å². The van der Waals surface area contributed by atoms with Gasteiger partial charge in [0, 0.05) is 17.7 Å². The molecule has 0 fully saturated rings. The van der Waals surface area contributed by atoms with Crippen LogP contribution in [0.4, 0.5) is 18.9 Å². The predicted molar refractivity (Wildman–Crippen MR) is 108 cm³/mol. The number of esters is 1. The van der Waals surface area contributed by atoms with Crippen LogP contribution < -0.4 is 0 Å². The number of hydrogen-bond donors (Lipinski definition) is 0. The third-order valence-corrected chi connectivity index (χ3v) is 5.01. The van der Waals surface area contributed by atoms with Crippen molar-refractivity contribution < 1.29 is 32.4 Å². The fourth-order valence-corrected chi connectivity index (χ4v) is 3.70. The van der Waals surface area contributed by atoms with Gasteiger partial charge in [-0.05, 0) is 17.5 Å². The number of carbonyl (C=O) groups is 2. The standard InChI is InChI=1S/C22H13F3N2O5/c1-32-21(29)18-17(19(28)13-6-4-7-14(11-13)27(30)31)16-10-9-12-5-2-3-8-15(12)26(16)20(18)22(23,24)25/h2-11H,1H3. The summed E-state index contributed by atoms with van der Waals surface area (Å²) in [5.41, 5.74) is -3.55. The van der Waals surface area contributed by atoms with E-state index in [0.717, 1.165) is 23.6 Å². The molecule has 0 spiro atoms. The Hall–Kier alpha value is -4.21. The number of pyridine rings is 1. The summed E-state index contributed by atoms with van der Waals surface area (Å²) in [6.07, 6.45) is -5.02. The first-order valence-electron chi connectivity index (χ1n) is 9.16. The largest absolute Gasteiger partial charge is 0.465 e. The van der Waals surface area contributed by atoms with Crippen molar-refractivity contribution in [2.24, 2.45) is 0 Å². The Morgan fingerprint density at radius 1 is 0.969 bits per heavy atom. The van der Waals surface area contributed by atoms with Crippen LogP contribution in [0.2, 0.25) is 0 Å². The van der Waals surface area contributed by atoms with Crippen LogP contribution in [0.15, 0.2) is 60.7 Å². The van der Waals surface area contributed by atoms with E-state index in [1.54, 1.807) is 12.1 Å². The van der Waals surface area contributed by atoms with Crippen molar-refractivity contribution >= 4 is 33.9 Å². The van der Waals surface area contributed by atoms with Crippen molar-refractivity contribution in [3.05, 3.63) is 93.2 Å². The second-order valence-corrected chi connectivity index (χ2v) is 6.84. The number of nitro groups is 1. The maximum Gasteiger partial charge on any atom is 0.432 e. The lowest BCUT2D eigenvalue weighted by Crippen LogP contribution is -2.17. The summed E-state index contributed by atoms with van der Waals surface area (Å²) in [6.45, 7) is 0. The number of para-hydroxylation sites is 1. The van der Waals surface area contributed by atoms with E-state index >= 15 is 0 Å². The predicted octanol–water partition coefficient (Wildman–Crippen LogP) is 5.04. The number of methoxy groups -OCH3 is 1. The van der Waals surface area contributed by atoms with Gasteiger partial charge in [-0.3, -0.25) is 14.9 Å². The molecule has 0 N–H and O–H groups in total. The first kappa shape index (κ1) is 21.0. The molecule has 162 valence electrons. The molecule has 4 rings (SSSR count). The Labute approximate surface area is 177 Å². The number of non-ortho nitro benzene ring substituents is 1. The molecule has 10 heteroatoms. The molecule has 32 heavy (non-hydrogen) atoms.